The van der Waals surface area contributed by atoms with Crippen LogP contribution in [0, 0.1) is 6.92 Å². The highest BCUT2D eigenvalue weighted by Gasteiger charge is 2.19. The minimum Gasteiger partial charge on any atom is -0.469 e. The van der Waals surface area contributed by atoms with E-state index in [-0.39, 0.29) is 0 Å². The molecule has 0 bridgehead atoms. The Morgan fingerprint density at radius 3 is 2.78 bits per heavy atom. The Bertz CT molecular complexity index is 649. The first-order valence-electron chi connectivity index (χ1n) is 5.94. The van der Waals surface area contributed by atoms with E-state index in [0.29, 0.717) is 6.42 Å². The monoisotopic (exact) mass is 242 g/mol. The van der Waals surface area contributed by atoms with Gasteiger partial charge in [-0.25, -0.2) is 0 Å². The van der Waals surface area contributed by atoms with Crippen LogP contribution in [0.4, 0.5) is 0 Å². The third-order valence-corrected chi connectivity index (χ3v) is 3.13. The smallest absolute Gasteiger partial charge is 0.134 e. The summed E-state index contributed by atoms with van der Waals surface area (Å²) in [6, 6.07) is 11.4. The Labute approximate surface area is 105 Å². The maximum atomic E-state index is 10.3. The summed E-state index contributed by atoms with van der Waals surface area (Å²) in [5.74, 6) is 1.53. The fraction of sp³-hybridized carbons (Fsp3) is 0.200. The lowest BCUT2D eigenvalue weighted by Gasteiger charge is -2.08. The SMILES string of the molecule is Cc1oc2ccccc2c1C(O)Cc1ccco1. The molecule has 0 aliphatic heterocycles. The molecule has 2 heterocycles. The van der Waals surface area contributed by atoms with E-state index >= 15 is 0 Å². The van der Waals surface area contributed by atoms with Gasteiger partial charge in [-0.2, -0.15) is 0 Å². The molecule has 3 nitrogen and oxygen atoms in total. The van der Waals surface area contributed by atoms with Gasteiger partial charge in [0.1, 0.15) is 17.1 Å². The molecule has 0 saturated heterocycles. The van der Waals surface area contributed by atoms with Crippen molar-refractivity contribution in [3.05, 3.63) is 59.7 Å². The maximum absolute atomic E-state index is 10.3. The molecule has 1 N–H and O–H groups in total. The van der Waals surface area contributed by atoms with Crippen LogP contribution in [0.15, 0.2) is 51.5 Å². The lowest BCUT2D eigenvalue weighted by molar-refractivity contribution is 0.170. The van der Waals surface area contributed by atoms with Crippen molar-refractivity contribution >= 4 is 11.0 Å². The molecule has 1 atom stereocenters. The molecule has 0 fully saturated rings. The highest BCUT2D eigenvalue weighted by molar-refractivity contribution is 5.82. The van der Waals surface area contributed by atoms with Gasteiger partial charge in [0.05, 0.1) is 12.4 Å². The van der Waals surface area contributed by atoms with Crippen LogP contribution in [-0.4, -0.2) is 5.11 Å². The van der Waals surface area contributed by atoms with Gasteiger partial charge in [-0.3, -0.25) is 0 Å². The predicted octanol–water partition coefficient (Wildman–Crippen LogP) is 3.61. The summed E-state index contributed by atoms with van der Waals surface area (Å²) in [6.07, 6.45) is 1.46. The van der Waals surface area contributed by atoms with E-state index < -0.39 is 6.10 Å². The first-order chi connectivity index (χ1) is 8.75. The minimum absolute atomic E-state index is 0.456. The Balaban J connectivity index is 2.00. The number of benzene rings is 1. The average Bonchev–Trinajstić information content (AvgIpc) is 2.94. The quantitative estimate of drug-likeness (QED) is 0.763. The van der Waals surface area contributed by atoms with Crippen LogP contribution >= 0.6 is 0 Å². The van der Waals surface area contributed by atoms with Gasteiger partial charge in [0.2, 0.25) is 0 Å². The lowest BCUT2D eigenvalue weighted by atomic mass is 10.0. The largest absolute Gasteiger partial charge is 0.469 e. The Morgan fingerprint density at radius 2 is 2.00 bits per heavy atom. The number of para-hydroxylation sites is 1. The van der Waals surface area contributed by atoms with Gasteiger partial charge in [-0.05, 0) is 25.1 Å². The van der Waals surface area contributed by atoms with Gasteiger partial charge < -0.3 is 13.9 Å². The molecule has 0 aliphatic carbocycles. The van der Waals surface area contributed by atoms with Gasteiger partial charge in [0.15, 0.2) is 0 Å². The van der Waals surface area contributed by atoms with Crippen molar-refractivity contribution in [2.75, 3.05) is 0 Å². The summed E-state index contributed by atoms with van der Waals surface area (Å²) in [7, 11) is 0. The fourth-order valence-electron chi connectivity index (χ4n) is 2.32. The summed E-state index contributed by atoms with van der Waals surface area (Å²) >= 11 is 0. The van der Waals surface area contributed by atoms with Crippen LogP contribution in [0.1, 0.15) is 23.2 Å². The van der Waals surface area contributed by atoms with E-state index in [2.05, 4.69) is 0 Å². The fourth-order valence-corrected chi connectivity index (χ4v) is 2.32. The molecule has 18 heavy (non-hydrogen) atoms. The minimum atomic E-state index is -0.611. The first-order valence-corrected chi connectivity index (χ1v) is 5.94. The van der Waals surface area contributed by atoms with E-state index in [4.69, 9.17) is 8.83 Å². The number of hydrogen-bond donors (Lipinski definition) is 1. The average molecular weight is 242 g/mol. The van der Waals surface area contributed by atoms with Crippen molar-refractivity contribution < 1.29 is 13.9 Å². The first kappa shape index (κ1) is 11.1. The maximum Gasteiger partial charge on any atom is 0.134 e. The molecule has 92 valence electrons. The zero-order chi connectivity index (χ0) is 12.5. The second-order valence-corrected chi connectivity index (χ2v) is 4.37. The van der Waals surface area contributed by atoms with Crippen molar-refractivity contribution in [2.45, 2.75) is 19.4 Å². The highest BCUT2D eigenvalue weighted by Crippen LogP contribution is 2.32. The van der Waals surface area contributed by atoms with Gasteiger partial charge in [-0.15, -0.1) is 0 Å². The summed E-state index contributed by atoms with van der Waals surface area (Å²) in [4.78, 5) is 0. The van der Waals surface area contributed by atoms with E-state index in [9.17, 15) is 5.11 Å². The number of aryl methyl sites for hydroxylation is 1. The molecule has 3 aromatic rings. The molecule has 3 heteroatoms. The van der Waals surface area contributed by atoms with Crippen molar-refractivity contribution in [1.82, 2.24) is 0 Å². The third-order valence-electron chi connectivity index (χ3n) is 3.13. The summed E-state index contributed by atoms with van der Waals surface area (Å²) < 4.78 is 10.9. The normalized spacial score (nSPS) is 13.0. The van der Waals surface area contributed by atoms with E-state index in [1.54, 1.807) is 6.26 Å². The zero-order valence-corrected chi connectivity index (χ0v) is 10.1. The number of hydrogen-bond acceptors (Lipinski definition) is 3. The van der Waals surface area contributed by atoms with E-state index in [1.165, 1.54) is 0 Å². The van der Waals surface area contributed by atoms with Gasteiger partial charge in [-0.1, -0.05) is 18.2 Å². The number of fused-ring (bicyclic) bond motifs is 1. The van der Waals surface area contributed by atoms with Gasteiger partial charge in [0.25, 0.3) is 0 Å². The Kier molecular flexibility index (Phi) is 2.68. The molecule has 0 radical (unpaired) electrons. The molecule has 1 unspecified atom stereocenters. The van der Waals surface area contributed by atoms with Crippen LogP contribution < -0.4 is 0 Å². The van der Waals surface area contributed by atoms with Crippen molar-refractivity contribution in [2.24, 2.45) is 0 Å². The molecule has 0 aliphatic rings. The lowest BCUT2D eigenvalue weighted by Crippen LogP contribution is -2.01. The summed E-state index contributed by atoms with van der Waals surface area (Å²) in [5.41, 5.74) is 1.66. The van der Waals surface area contributed by atoms with E-state index in [1.807, 2.05) is 43.3 Å². The van der Waals surface area contributed by atoms with Gasteiger partial charge >= 0.3 is 0 Å². The van der Waals surface area contributed by atoms with Crippen molar-refractivity contribution in [3.63, 3.8) is 0 Å². The topological polar surface area (TPSA) is 46.5 Å². The zero-order valence-electron chi connectivity index (χ0n) is 10.1. The number of furan rings is 2. The van der Waals surface area contributed by atoms with Crippen LogP contribution in [0.2, 0.25) is 0 Å². The Morgan fingerprint density at radius 1 is 1.17 bits per heavy atom. The highest BCUT2D eigenvalue weighted by atomic mass is 16.3. The molecular formula is C15H14O3. The standard InChI is InChI=1S/C15H14O3/c1-10-15(12-6-2-3-7-14(12)18-10)13(16)9-11-5-4-8-17-11/h2-8,13,16H,9H2,1H3. The number of aliphatic hydroxyl groups excluding tert-OH is 1. The second kappa shape index (κ2) is 4.35. The number of rotatable bonds is 3. The van der Waals surface area contributed by atoms with Crippen LogP contribution in [0.3, 0.4) is 0 Å². The summed E-state index contributed by atoms with van der Waals surface area (Å²) in [6.45, 7) is 1.88. The molecule has 0 saturated carbocycles. The van der Waals surface area contributed by atoms with Crippen molar-refractivity contribution in [3.8, 4) is 0 Å². The number of aliphatic hydroxyl groups is 1. The van der Waals surface area contributed by atoms with Crippen LogP contribution in [-0.2, 0) is 6.42 Å². The molecule has 3 rings (SSSR count). The molecule has 0 spiro atoms. The van der Waals surface area contributed by atoms with E-state index in [0.717, 1.165) is 28.1 Å². The second-order valence-electron chi connectivity index (χ2n) is 4.37. The molecule has 1 aromatic carbocycles. The molecule has 2 aromatic heterocycles. The summed E-state index contributed by atoms with van der Waals surface area (Å²) in [5, 5.41) is 11.3. The van der Waals surface area contributed by atoms with Crippen LogP contribution in [0.25, 0.3) is 11.0 Å². The Hall–Kier alpha value is -2.00. The predicted molar refractivity (Wildman–Crippen MR) is 68.3 cm³/mol. The van der Waals surface area contributed by atoms with Crippen LogP contribution in [0.5, 0.6) is 0 Å². The van der Waals surface area contributed by atoms with Crippen molar-refractivity contribution in [1.29, 1.82) is 0 Å². The van der Waals surface area contributed by atoms with Gasteiger partial charge in [0, 0.05) is 17.4 Å². The molecule has 0 amide bonds. The third kappa shape index (κ3) is 1.83. The molecular weight excluding hydrogens is 228 g/mol.